The second-order valence-electron chi connectivity index (χ2n) is 8.79. The minimum absolute atomic E-state index is 0.0276. The molecule has 0 bridgehead atoms. The van der Waals surface area contributed by atoms with Crippen molar-refractivity contribution in [1.82, 2.24) is 9.80 Å². The maximum atomic E-state index is 13.5. The van der Waals surface area contributed by atoms with Gasteiger partial charge in [0.05, 0.1) is 25.3 Å². The van der Waals surface area contributed by atoms with Gasteiger partial charge >= 0.3 is 0 Å². The quantitative estimate of drug-likeness (QED) is 0.701. The Labute approximate surface area is 194 Å². The van der Waals surface area contributed by atoms with Crippen molar-refractivity contribution in [2.75, 3.05) is 45.2 Å². The Bertz CT molecular complexity index is 931. The molecule has 1 N–H and O–H groups in total. The molecule has 1 saturated heterocycles. The zero-order valence-electron chi connectivity index (χ0n) is 19.1. The van der Waals surface area contributed by atoms with Gasteiger partial charge < -0.3 is 15.0 Å². The lowest BCUT2D eigenvalue weighted by Crippen LogP contribution is -2.41. The van der Waals surface area contributed by atoms with Crippen LogP contribution in [0.3, 0.4) is 0 Å². The lowest BCUT2D eigenvalue weighted by molar-refractivity contribution is -0.117. The van der Waals surface area contributed by atoms with E-state index >= 15 is 0 Å². The summed E-state index contributed by atoms with van der Waals surface area (Å²) < 4.78 is 5.42. The molecule has 1 aromatic heterocycles. The number of carbonyl (C=O) groups excluding carboxylic acids is 2. The van der Waals surface area contributed by atoms with E-state index in [2.05, 4.69) is 10.2 Å². The molecule has 0 spiro atoms. The number of likely N-dealkylation sites (N-methyl/N-ethyl adjacent to an activating group) is 1. The van der Waals surface area contributed by atoms with Gasteiger partial charge in [0.25, 0.3) is 5.91 Å². The highest BCUT2D eigenvalue weighted by Gasteiger charge is 2.28. The van der Waals surface area contributed by atoms with Crippen LogP contribution in [0.4, 0.5) is 5.00 Å². The minimum Gasteiger partial charge on any atom is -0.378 e. The first-order valence-corrected chi connectivity index (χ1v) is 12.4. The Morgan fingerprint density at radius 1 is 1.12 bits per heavy atom. The molecule has 4 rings (SSSR count). The van der Waals surface area contributed by atoms with E-state index in [-0.39, 0.29) is 11.8 Å². The van der Waals surface area contributed by atoms with Gasteiger partial charge in [0.2, 0.25) is 5.91 Å². The fourth-order valence-electron chi connectivity index (χ4n) is 4.69. The number of nitrogens with one attached hydrogen (secondary N) is 1. The van der Waals surface area contributed by atoms with Gasteiger partial charge in [0.15, 0.2) is 0 Å². The fraction of sp³-hybridized carbons (Fsp3) is 0.520. The SMILES string of the molecule is Cc1c(-c2ccccc2)sc(NC(=O)CN(C)C2CCCCC2)c1C(=O)N1CCOCC1. The van der Waals surface area contributed by atoms with Gasteiger partial charge in [0.1, 0.15) is 5.00 Å². The smallest absolute Gasteiger partial charge is 0.257 e. The Kier molecular flexibility index (Phi) is 7.60. The summed E-state index contributed by atoms with van der Waals surface area (Å²) in [6.45, 7) is 4.58. The normalized spacial score (nSPS) is 17.5. The first kappa shape index (κ1) is 23.0. The molecule has 0 unspecified atom stereocenters. The molecule has 0 radical (unpaired) electrons. The predicted octanol–water partition coefficient (Wildman–Crippen LogP) is 4.40. The predicted molar refractivity (Wildman–Crippen MR) is 129 cm³/mol. The number of amides is 2. The van der Waals surface area contributed by atoms with Gasteiger partial charge in [-0.25, -0.2) is 0 Å². The van der Waals surface area contributed by atoms with Crippen LogP contribution in [0.15, 0.2) is 30.3 Å². The molecule has 1 aromatic carbocycles. The summed E-state index contributed by atoms with van der Waals surface area (Å²) >= 11 is 1.49. The van der Waals surface area contributed by atoms with E-state index in [1.54, 1.807) is 0 Å². The molecule has 2 fully saturated rings. The molecule has 2 aliphatic rings. The number of benzene rings is 1. The number of rotatable bonds is 6. The summed E-state index contributed by atoms with van der Waals surface area (Å²) in [4.78, 5) is 31.5. The number of nitrogens with zero attached hydrogens (tertiary/aromatic N) is 2. The molecule has 2 aromatic rings. The highest BCUT2D eigenvalue weighted by molar-refractivity contribution is 7.20. The summed E-state index contributed by atoms with van der Waals surface area (Å²) in [5.41, 5.74) is 2.60. The molecule has 6 nitrogen and oxygen atoms in total. The second kappa shape index (κ2) is 10.6. The van der Waals surface area contributed by atoms with Crippen LogP contribution in [0.2, 0.25) is 0 Å². The van der Waals surface area contributed by atoms with E-state index in [0.29, 0.717) is 49.5 Å². The van der Waals surface area contributed by atoms with Crippen LogP contribution in [0, 0.1) is 6.92 Å². The van der Waals surface area contributed by atoms with Gasteiger partial charge in [0, 0.05) is 24.0 Å². The molecular formula is C25H33N3O3S. The number of hydrogen-bond donors (Lipinski definition) is 1. The summed E-state index contributed by atoms with van der Waals surface area (Å²) in [6.07, 6.45) is 6.07. The first-order chi connectivity index (χ1) is 15.5. The Hall–Kier alpha value is -2.22. The van der Waals surface area contributed by atoms with Crippen LogP contribution < -0.4 is 5.32 Å². The van der Waals surface area contributed by atoms with Crippen LogP contribution in [-0.2, 0) is 9.53 Å². The van der Waals surface area contributed by atoms with Crippen molar-refractivity contribution in [3.05, 3.63) is 41.5 Å². The lowest BCUT2D eigenvalue weighted by Gasteiger charge is -2.30. The third-order valence-electron chi connectivity index (χ3n) is 6.54. The van der Waals surface area contributed by atoms with Crippen LogP contribution in [0.1, 0.15) is 48.0 Å². The van der Waals surface area contributed by atoms with Crippen molar-refractivity contribution in [3.63, 3.8) is 0 Å². The van der Waals surface area contributed by atoms with Crippen molar-refractivity contribution in [3.8, 4) is 10.4 Å². The topological polar surface area (TPSA) is 61.9 Å². The number of anilines is 1. The number of morpholine rings is 1. The first-order valence-electron chi connectivity index (χ1n) is 11.6. The summed E-state index contributed by atoms with van der Waals surface area (Å²) in [7, 11) is 2.03. The number of carbonyl (C=O) groups is 2. The zero-order chi connectivity index (χ0) is 22.5. The molecule has 7 heteroatoms. The van der Waals surface area contributed by atoms with Crippen LogP contribution in [0.5, 0.6) is 0 Å². The van der Waals surface area contributed by atoms with Gasteiger partial charge in [-0.05, 0) is 37.9 Å². The molecule has 2 amide bonds. The highest BCUT2D eigenvalue weighted by Crippen LogP contribution is 2.40. The standard InChI is InChI=1S/C25H33N3O3S/c1-18-22(25(30)28-13-15-31-16-14-28)24(32-23(18)19-9-5-3-6-10-19)26-21(29)17-27(2)20-11-7-4-8-12-20/h3,5-6,9-10,20H,4,7-8,11-17H2,1-2H3,(H,26,29). The Morgan fingerprint density at radius 2 is 1.81 bits per heavy atom. The van der Waals surface area contributed by atoms with E-state index in [4.69, 9.17) is 4.74 Å². The van der Waals surface area contributed by atoms with E-state index < -0.39 is 0 Å². The van der Waals surface area contributed by atoms with E-state index in [1.807, 2.05) is 49.2 Å². The van der Waals surface area contributed by atoms with Crippen molar-refractivity contribution in [2.45, 2.75) is 45.1 Å². The largest absolute Gasteiger partial charge is 0.378 e. The number of hydrogen-bond acceptors (Lipinski definition) is 5. The molecular weight excluding hydrogens is 422 g/mol. The Morgan fingerprint density at radius 3 is 2.50 bits per heavy atom. The lowest BCUT2D eigenvalue weighted by atomic mass is 9.94. The zero-order valence-corrected chi connectivity index (χ0v) is 19.9. The van der Waals surface area contributed by atoms with Crippen molar-refractivity contribution in [2.24, 2.45) is 0 Å². The van der Waals surface area contributed by atoms with Crippen LogP contribution in [0.25, 0.3) is 10.4 Å². The summed E-state index contributed by atoms with van der Waals surface area (Å²) in [5, 5.41) is 3.74. The minimum atomic E-state index is -0.0602. The number of ether oxygens (including phenoxy) is 1. The average Bonchev–Trinajstić information content (AvgIpc) is 3.15. The molecule has 1 aliphatic heterocycles. The van der Waals surface area contributed by atoms with Gasteiger partial charge in [-0.2, -0.15) is 0 Å². The Balaban J connectivity index is 1.57. The van der Waals surface area contributed by atoms with Gasteiger partial charge in [-0.15, -0.1) is 11.3 Å². The fourth-order valence-corrected chi connectivity index (χ4v) is 5.91. The summed E-state index contributed by atoms with van der Waals surface area (Å²) in [5.74, 6) is -0.0878. The van der Waals surface area contributed by atoms with Gasteiger partial charge in [-0.3, -0.25) is 14.5 Å². The third kappa shape index (κ3) is 5.22. The van der Waals surface area contributed by atoms with Crippen molar-refractivity contribution >= 4 is 28.2 Å². The maximum absolute atomic E-state index is 13.5. The molecule has 1 aliphatic carbocycles. The molecule has 0 atom stereocenters. The maximum Gasteiger partial charge on any atom is 0.257 e. The third-order valence-corrected chi connectivity index (χ3v) is 7.80. The molecule has 1 saturated carbocycles. The highest BCUT2D eigenvalue weighted by atomic mass is 32.1. The van der Waals surface area contributed by atoms with Gasteiger partial charge in [-0.1, -0.05) is 49.6 Å². The molecule has 172 valence electrons. The number of thiophene rings is 1. The second-order valence-corrected chi connectivity index (χ2v) is 9.81. The molecule has 2 heterocycles. The van der Waals surface area contributed by atoms with Crippen LogP contribution in [-0.4, -0.2) is 67.6 Å². The van der Waals surface area contributed by atoms with Crippen LogP contribution >= 0.6 is 11.3 Å². The van der Waals surface area contributed by atoms with Crippen molar-refractivity contribution < 1.29 is 14.3 Å². The van der Waals surface area contributed by atoms with Crippen molar-refractivity contribution in [1.29, 1.82) is 0 Å². The summed E-state index contributed by atoms with van der Waals surface area (Å²) in [6, 6.07) is 10.5. The van der Waals surface area contributed by atoms with E-state index in [0.717, 1.165) is 28.8 Å². The molecule has 32 heavy (non-hydrogen) atoms. The monoisotopic (exact) mass is 455 g/mol. The van der Waals surface area contributed by atoms with E-state index in [1.165, 1.54) is 30.6 Å². The average molecular weight is 456 g/mol. The van der Waals surface area contributed by atoms with E-state index in [9.17, 15) is 9.59 Å².